The third-order valence-corrected chi connectivity index (χ3v) is 3.83. The summed E-state index contributed by atoms with van der Waals surface area (Å²) in [6, 6.07) is 6.86. The Morgan fingerprint density at radius 1 is 1.21 bits per heavy atom. The monoisotopic (exact) mass is 389 g/mol. The summed E-state index contributed by atoms with van der Waals surface area (Å²) >= 11 is 0. The Morgan fingerprint density at radius 2 is 1.97 bits per heavy atom. The number of anilines is 1. The standard InChI is InChI=1S/C20H19N7O2/c1-12(7-21)26-16-6-17(23-11-15(16)19(28)29-20(2,3)4)27-18-14(10-25-27)5-13(8-22)9-24-18/h5-6,9-12H,1-4H3,(H,23,26)/t12-/m1/s1. The molecule has 3 aromatic rings. The number of pyridine rings is 2. The maximum absolute atomic E-state index is 12.6. The molecule has 0 spiro atoms. The molecule has 0 aliphatic carbocycles. The van der Waals surface area contributed by atoms with E-state index in [0.29, 0.717) is 28.1 Å². The number of esters is 1. The van der Waals surface area contributed by atoms with Crippen molar-refractivity contribution >= 4 is 22.7 Å². The fourth-order valence-electron chi connectivity index (χ4n) is 2.59. The summed E-state index contributed by atoms with van der Waals surface area (Å²) in [7, 11) is 0. The lowest BCUT2D eigenvalue weighted by Crippen LogP contribution is -2.25. The van der Waals surface area contributed by atoms with Gasteiger partial charge >= 0.3 is 5.97 Å². The van der Waals surface area contributed by atoms with Crippen LogP contribution in [0, 0.1) is 22.7 Å². The topological polar surface area (TPSA) is 130 Å². The zero-order valence-electron chi connectivity index (χ0n) is 16.5. The molecule has 146 valence electrons. The number of hydrogen-bond acceptors (Lipinski definition) is 8. The predicted octanol–water partition coefficient (Wildman–Crippen LogP) is 2.97. The van der Waals surface area contributed by atoms with Gasteiger partial charge in [0, 0.05) is 23.8 Å². The molecular weight excluding hydrogens is 370 g/mol. The molecule has 9 heteroatoms. The second-order valence-electron chi connectivity index (χ2n) is 7.39. The average Bonchev–Trinajstić information content (AvgIpc) is 3.09. The van der Waals surface area contributed by atoms with Gasteiger partial charge in [-0.15, -0.1) is 0 Å². The minimum atomic E-state index is -0.672. The van der Waals surface area contributed by atoms with Crippen LogP contribution in [0.4, 0.5) is 5.69 Å². The van der Waals surface area contributed by atoms with Crippen LogP contribution in [-0.4, -0.2) is 37.4 Å². The second-order valence-corrected chi connectivity index (χ2v) is 7.39. The maximum atomic E-state index is 12.6. The van der Waals surface area contributed by atoms with Gasteiger partial charge in [0.25, 0.3) is 0 Å². The van der Waals surface area contributed by atoms with Gasteiger partial charge in [0.2, 0.25) is 0 Å². The lowest BCUT2D eigenvalue weighted by molar-refractivity contribution is 0.00702. The Labute approximate surface area is 167 Å². The van der Waals surface area contributed by atoms with Gasteiger partial charge in [-0.25, -0.2) is 14.8 Å². The Hall–Kier alpha value is -3.98. The van der Waals surface area contributed by atoms with Crippen LogP contribution < -0.4 is 5.32 Å². The van der Waals surface area contributed by atoms with Crippen LogP contribution >= 0.6 is 0 Å². The molecule has 0 unspecified atom stereocenters. The first-order valence-corrected chi connectivity index (χ1v) is 8.85. The van der Waals surface area contributed by atoms with Gasteiger partial charge in [-0.2, -0.15) is 20.3 Å². The van der Waals surface area contributed by atoms with E-state index in [0.717, 1.165) is 0 Å². The van der Waals surface area contributed by atoms with E-state index in [1.807, 2.05) is 6.07 Å². The van der Waals surface area contributed by atoms with E-state index in [2.05, 4.69) is 26.5 Å². The van der Waals surface area contributed by atoms with Crippen LogP contribution in [0.2, 0.25) is 0 Å². The third-order valence-electron chi connectivity index (χ3n) is 3.83. The highest BCUT2D eigenvalue weighted by Gasteiger charge is 2.22. The number of fused-ring (bicyclic) bond motifs is 1. The summed E-state index contributed by atoms with van der Waals surface area (Å²) in [6.45, 7) is 6.99. The zero-order chi connectivity index (χ0) is 21.2. The zero-order valence-corrected chi connectivity index (χ0v) is 16.5. The second kappa shape index (κ2) is 7.56. The van der Waals surface area contributed by atoms with E-state index in [1.165, 1.54) is 17.1 Å². The van der Waals surface area contributed by atoms with Gasteiger partial charge in [-0.1, -0.05) is 0 Å². The third kappa shape index (κ3) is 4.30. The summed E-state index contributed by atoms with van der Waals surface area (Å²) in [6.07, 6.45) is 4.41. The number of nitriles is 2. The number of carbonyl (C=O) groups excluding carboxylic acids is 1. The molecule has 9 nitrogen and oxygen atoms in total. The maximum Gasteiger partial charge on any atom is 0.342 e. The first-order valence-electron chi connectivity index (χ1n) is 8.85. The Kier molecular flexibility index (Phi) is 5.16. The molecular formula is C20H19N7O2. The number of carbonyl (C=O) groups is 1. The van der Waals surface area contributed by atoms with Crippen LogP contribution in [-0.2, 0) is 4.74 Å². The molecule has 0 fully saturated rings. The first-order chi connectivity index (χ1) is 13.7. The molecule has 0 radical (unpaired) electrons. The smallest absolute Gasteiger partial charge is 0.342 e. The van der Waals surface area contributed by atoms with Gasteiger partial charge in [0.15, 0.2) is 11.5 Å². The molecule has 3 heterocycles. The summed E-state index contributed by atoms with van der Waals surface area (Å²) < 4.78 is 6.94. The fraction of sp³-hybridized carbons (Fsp3) is 0.300. The van der Waals surface area contributed by atoms with Crippen molar-refractivity contribution < 1.29 is 9.53 Å². The van der Waals surface area contributed by atoms with Gasteiger partial charge in [-0.3, -0.25) is 0 Å². The number of rotatable bonds is 4. The molecule has 29 heavy (non-hydrogen) atoms. The summed E-state index contributed by atoms with van der Waals surface area (Å²) in [5.74, 6) is -0.150. The van der Waals surface area contributed by atoms with Crippen molar-refractivity contribution in [2.24, 2.45) is 0 Å². The Balaban J connectivity index is 2.08. The SMILES string of the molecule is C[C@H](C#N)Nc1cc(-n2ncc3cc(C#N)cnc32)ncc1C(=O)OC(C)(C)C. The molecule has 0 saturated heterocycles. The molecule has 0 amide bonds. The summed E-state index contributed by atoms with van der Waals surface area (Å²) in [5, 5.41) is 26.1. The average molecular weight is 389 g/mol. The molecule has 0 aromatic carbocycles. The predicted molar refractivity (Wildman–Crippen MR) is 105 cm³/mol. The Bertz CT molecular complexity index is 1160. The van der Waals surface area contributed by atoms with Crippen LogP contribution in [0.25, 0.3) is 16.9 Å². The number of aromatic nitrogens is 4. The largest absolute Gasteiger partial charge is 0.456 e. The minimum absolute atomic E-state index is 0.210. The van der Waals surface area contributed by atoms with Crippen molar-refractivity contribution in [3.8, 4) is 18.0 Å². The molecule has 3 rings (SSSR count). The number of hydrogen-bond donors (Lipinski definition) is 1. The van der Waals surface area contributed by atoms with Crippen LogP contribution in [0.3, 0.4) is 0 Å². The summed E-state index contributed by atoms with van der Waals surface area (Å²) in [5.41, 5.74) is 0.878. The van der Waals surface area contributed by atoms with Crippen molar-refractivity contribution in [1.29, 1.82) is 10.5 Å². The fourth-order valence-corrected chi connectivity index (χ4v) is 2.59. The van der Waals surface area contributed by atoms with Crippen molar-refractivity contribution in [1.82, 2.24) is 19.7 Å². The highest BCUT2D eigenvalue weighted by molar-refractivity contribution is 5.96. The first kappa shape index (κ1) is 19.8. The van der Waals surface area contributed by atoms with E-state index < -0.39 is 17.6 Å². The molecule has 0 aliphatic rings. The molecule has 1 atom stereocenters. The van der Waals surface area contributed by atoms with Crippen molar-refractivity contribution in [2.45, 2.75) is 39.3 Å². The molecule has 0 saturated carbocycles. The van der Waals surface area contributed by atoms with Crippen LogP contribution in [0.5, 0.6) is 0 Å². The van der Waals surface area contributed by atoms with E-state index in [9.17, 15) is 4.79 Å². The minimum Gasteiger partial charge on any atom is -0.456 e. The normalized spacial score (nSPS) is 12.1. The van der Waals surface area contributed by atoms with Crippen molar-refractivity contribution in [2.75, 3.05) is 5.32 Å². The summed E-state index contributed by atoms with van der Waals surface area (Å²) in [4.78, 5) is 21.2. The van der Waals surface area contributed by atoms with Crippen LogP contribution in [0.15, 0.2) is 30.7 Å². The van der Waals surface area contributed by atoms with Gasteiger partial charge < -0.3 is 10.1 Å². The van der Waals surface area contributed by atoms with Gasteiger partial charge in [0.05, 0.1) is 23.5 Å². The van der Waals surface area contributed by atoms with E-state index in [1.54, 1.807) is 46.0 Å². The van der Waals surface area contributed by atoms with Crippen molar-refractivity contribution in [3.63, 3.8) is 0 Å². The van der Waals surface area contributed by atoms with E-state index in [-0.39, 0.29) is 5.56 Å². The van der Waals surface area contributed by atoms with E-state index >= 15 is 0 Å². The van der Waals surface area contributed by atoms with Crippen LogP contribution in [0.1, 0.15) is 43.6 Å². The lowest BCUT2D eigenvalue weighted by Gasteiger charge is -2.21. The van der Waals surface area contributed by atoms with Gasteiger partial charge in [-0.05, 0) is 33.8 Å². The highest BCUT2D eigenvalue weighted by Crippen LogP contribution is 2.24. The molecule has 1 N–H and O–H groups in total. The Morgan fingerprint density at radius 3 is 2.62 bits per heavy atom. The number of nitrogens with one attached hydrogen (secondary N) is 1. The van der Waals surface area contributed by atoms with Crippen molar-refractivity contribution in [3.05, 3.63) is 41.9 Å². The lowest BCUT2D eigenvalue weighted by atomic mass is 10.1. The molecule has 3 aromatic heterocycles. The number of ether oxygens (including phenoxy) is 1. The molecule has 0 aliphatic heterocycles. The molecule has 0 bridgehead atoms. The highest BCUT2D eigenvalue weighted by atomic mass is 16.6. The quantitative estimate of drug-likeness (QED) is 0.674. The van der Waals surface area contributed by atoms with E-state index in [4.69, 9.17) is 15.3 Å². The van der Waals surface area contributed by atoms with Gasteiger partial charge in [0.1, 0.15) is 23.3 Å². The number of nitrogens with zero attached hydrogens (tertiary/aromatic N) is 6.